The van der Waals surface area contributed by atoms with Crippen LogP contribution >= 0.6 is 12.4 Å². The smallest absolute Gasteiger partial charge is 0.338 e. The van der Waals surface area contributed by atoms with Gasteiger partial charge in [-0.25, -0.2) is 4.79 Å². The molecule has 4 aromatic carbocycles. The van der Waals surface area contributed by atoms with Gasteiger partial charge in [0.25, 0.3) is 0 Å². The van der Waals surface area contributed by atoms with Gasteiger partial charge in [0.05, 0.1) is 25.4 Å². The molecule has 0 bridgehead atoms. The number of hydrogen-bond donors (Lipinski definition) is 1. The maximum absolute atomic E-state index is 12.4. The van der Waals surface area contributed by atoms with Crippen LogP contribution in [0.2, 0.25) is 0 Å². The number of methoxy groups -OCH3 is 1. The molecule has 1 saturated heterocycles. The van der Waals surface area contributed by atoms with Gasteiger partial charge < -0.3 is 19.5 Å². The van der Waals surface area contributed by atoms with Gasteiger partial charge in [-0.3, -0.25) is 0 Å². The zero-order valence-corrected chi connectivity index (χ0v) is 21.7. The third-order valence-corrected chi connectivity index (χ3v) is 6.79. The molecule has 6 heteroatoms. The summed E-state index contributed by atoms with van der Waals surface area (Å²) >= 11 is 0. The average molecular weight is 518 g/mol. The van der Waals surface area contributed by atoms with Crippen LogP contribution in [0.25, 0.3) is 10.8 Å². The van der Waals surface area contributed by atoms with E-state index in [4.69, 9.17) is 14.2 Å². The van der Waals surface area contributed by atoms with Crippen LogP contribution < -0.4 is 10.1 Å². The van der Waals surface area contributed by atoms with Crippen molar-refractivity contribution in [3.63, 3.8) is 0 Å². The first-order valence-electron chi connectivity index (χ1n) is 12.4. The third-order valence-electron chi connectivity index (χ3n) is 6.79. The van der Waals surface area contributed by atoms with Crippen molar-refractivity contribution in [3.8, 4) is 5.75 Å². The average Bonchev–Trinajstić information content (AvgIpc) is 2.95. The van der Waals surface area contributed by atoms with E-state index in [9.17, 15) is 4.79 Å². The molecule has 1 N–H and O–H groups in total. The Morgan fingerprint density at radius 1 is 0.865 bits per heavy atom. The number of nitrogens with one attached hydrogen (secondary N) is 1. The van der Waals surface area contributed by atoms with Crippen LogP contribution in [0.4, 0.5) is 0 Å². The normalized spacial score (nSPS) is 17.1. The maximum Gasteiger partial charge on any atom is 0.338 e. The van der Waals surface area contributed by atoms with E-state index in [1.807, 2.05) is 12.1 Å². The third kappa shape index (κ3) is 6.69. The Bertz CT molecular complexity index is 1320. The number of piperidine rings is 1. The SMILES string of the molecule is COc1cccc(C(=O)OCc2ccc(C3CCNCC3OCc3ccc4ccccc4c3)cc2)c1.Cl. The van der Waals surface area contributed by atoms with Gasteiger partial charge in [-0.1, -0.05) is 66.7 Å². The van der Waals surface area contributed by atoms with Crippen LogP contribution in [0, 0.1) is 0 Å². The minimum atomic E-state index is -0.363. The Hall–Kier alpha value is -3.38. The molecule has 2 unspecified atom stereocenters. The number of carbonyl (C=O) groups is 1. The van der Waals surface area contributed by atoms with Crippen molar-refractivity contribution in [2.75, 3.05) is 20.2 Å². The van der Waals surface area contributed by atoms with E-state index < -0.39 is 0 Å². The Labute approximate surface area is 224 Å². The van der Waals surface area contributed by atoms with Gasteiger partial charge in [-0.15, -0.1) is 12.4 Å². The minimum Gasteiger partial charge on any atom is -0.497 e. The molecule has 1 heterocycles. The van der Waals surface area contributed by atoms with Gasteiger partial charge in [0.15, 0.2) is 0 Å². The van der Waals surface area contributed by atoms with Gasteiger partial charge in [-0.2, -0.15) is 0 Å². The van der Waals surface area contributed by atoms with Gasteiger partial charge in [0.2, 0.25) is 0 Å². The summed E-state index contributed by atoms with van der Waals surface area (Å²) in [7, 11) is 1.58. The summed E-state index contributed by atoms with van der Waals surface area (Å²) in [6.45, 7) is 2.62. The summed E-state index contributed by atoms with van der Waals surface area (Å²) in [5.74, 6) is 0.590. The van der Waals surface area contributed by atoms with Gasteiger partial charge >= 0.3 is 5.97 Å². The van der Waals surface area contributed by atoms with Crippen molar-refractivity contribution in [3.05, 3.63) is 113 Å². The van der Waals surface area contributed by atoms with Gasteiger partial charge in [0, 0.05) is 12.5 Å². The number of rotatable bonds is 8. The standard InChI is InChI=1S/C31H31NO4.ClH/c1-34-28-8-4-7-27(18-28)31(33)36-20-22-9-13-25(14-10-22)29-15-16-32-19-30(29)35-21-23-11-12-24-5-2-3-6-26(24)17-23;/h2-14,17-18,29-30,32H,15-16,19-21H2,1H3;1H. The maximum atomic E-state index is 12.4. The highest BCUT2D eigenvalue weighted by Crippen LogP contribution is 2.29. The molecule has 1 fully saturated rings. The molecule has 5 nitrogen and oxygen atoms in total. The van der Waals surface area contributed by atoms with Gasteiger partial charge in [-0.05, 0) is 64.7 Å². The van der Waals surface area contributed by atoms with Crippen LogP contribution in [0.5, 0.6) is 5.75 Å². The molecule has 0 spiro atoms. The largest absolute Gasteiger partial charge is 0.497 e. The van der Waals surface area contributed by atoms with Crippen molar-refractivity contribution in [2.45, 2.75) is 31.7 Å². The molecule has 5 rings (SSSR count). The van der Waals surface area contributed by atoms with Crippen LogP contribution in [0.3, 0.4) is 0 Å². The monoisotopic (exact) mass is 517 g/mol. The summed E-state index contributed by atoms with van der Waals surface area (Å²) in [5, 5.41) is 5.96. The van der Waals surface area contributed by atoms with Crippen LogP contribution in [-0.2, 0) is 22.7 Å². The van der Waals surface area contributed by atoms with E-state index in [1.54, 1.807) is 31.4 Å². The molecule has 0 saturated carbocycles. The number of halogens is 1. The van der Waals surface area contributed by atoms with Crippen molar-refractivity contribution in [1.29, 1.82) is 0 Å². The fourth-order valence-electron chi connectivity index (χ4n) is 4.76. The molecular weight excluding hydrogens is 486 g/mol. The Balaban J connectivity index is 0.00000320. The Kier molecular flexibility index (Phi) is 9.18. The predicted molar refractivity (Wildman–Crippen MR) is 149 cm³/mol. The summed E-state index contributed by atoms with van der Waals surface area (Å²) in [4.78, 5) is 12.4. The fraction of sp³-hybridized carbons (Fsp3) is 0.258. The highest BCUT2D eigenvalue weighted by atomic mass is 35.5. The molecule has 0 radical (unpaired) electrons. The second kappa shape index (κ2) is 12.7. The van der Waals surface area contributed by atoms with E-state index in [0.717, 1.165) is 25.1 Å². The minimum absolute atomic E-state index is 0. The van der Waals surface area contributed by atoms with Crippen LogP contribution in [-0.4, -0.2) is 32.3 Å². The van der Waals surface area contributed by atoms with E-state index in [1.165, 1.54) is 21.9 Å². The summed E-state index contributed by atoms with van der Waals surface area (Å²) in [6.07, 6.45) is 1.12. The quantitative estimate of drug-likeness (QED) is 0.278. The molecule has 0 amide bonds. The number of benzene rings is 4. The second-order valence-electron chi connectivity index (χ2n) is 9.18. The zero-order valence-electron chi connectivity index (χ0n) is 20.9. The van der Waals surface area contributed by atoms with E-state index in [-0.39, 0.29) is 31.1 Å². The van der Waals surface area contributed by atoms with E-state index >= 15 is 0 Å². The molecule has 0 aromatic heterocycles. The number of fused-ring (bicyclic) bond motifs is 1. The number of hydrogen-bond acceptors (Lipinski definition) is 5. The molecule has 192 valence electrons. The first-order valence-corrected chi connectivity index (χ1v) is 12.4. The lowest BCUT2D eigenvalue weighted by Gasteiger charge is -2.32. The molecule has 4 aromatic rings. The van der Waals surface area contributed by atoms with Crippen molar-refractivity contribution < 1.29 is 19.0 Å². The Morgan fingerprint density at radius 3 is 2.46 bits per heavy atom. The lowest BCUT2D eigenvalue weighted by atomic mass is 9.87. The van der Waals surface area contributed by atoms with Crippen molar-refractivity contribution >= 4 is 29.1 Å². The van der Waals surface area contributed by atoms with Gasteiger partial charge in [0.1, 0.15) is 12.4 Å². The molecule has 37 heavy (non-hydrogen) atoms. The molecular formula is C31H32ClNO4. The number of ether oxygens (including phenoxy) is 3. The van der Waals surface area contributed by atoms with Crippen molar-refractivity contribution in [1.82, 2.24) is 5.32 Å². The predicted octanol–water partition coefficient (Wildman–Crippen LogP) is 6.29. The van der Waals surface area contributed by atoms with Crippen molar-refractivity contribution in [2.24, 2.45) is 0 Å². The lowest BCUT2D eigenvalue weighted by molar-refractivity contribution is 0.0106. The highest BCUT2D eigenvalue weighted by Gasteiger charge is 2.27. The number of esters is 1. The summed E-state index contributed by atoms with van der Waals surface area (Å²) < 4.78 is 17.1. The van der Waals surface area contributed by atoms with Crippen LogP contribution in [0.1, 0.15) is 39.4 Å². The molecule has 1 aliphatic heterocycles. The first-order chi connectivity index (χ1) is 17.7. The number of carbonyl (C=O) groups excluding carboxylic acids is 1. The molecule has 2 atom stereocenters. The highest BCUT2D eigenvalue weighted by molar-refractivity contribution is 5.89. The van der Waals surface area contributed by atoms with E-state index in [0.29, 0.717) is 23.8 Å². The molecule has 1 aliphatic rings. The zero-order chi connectivity index (χ0) is 24.7. The lowest BCUT2D eigenvalue weighted by Crippen LogP contribution is -2.40. The van der Waals surface area contributed by atoms with Crippen LogP contribution in [0.15, 0.2) is 91.0 Å². The van der Waals surface area contributed by atoms with E-state index in [2.05, 4.69) is 59.9 Å². The Morgan fingerprint density at radius 2 is 1.65 bits per heavy atom. The first kappa shape index (κ1) is 26.7. The second-order valence-corrected chi connectivity index (χ2v) is 9.18. The topological polar surface area (TPSA) is 56.8 Å². The summed E-state index contributed by atoms with van der Waals surface area (Å²) in [6, 6.07) is 30.2. The molecule has 0 aliphatic carbocycles. The summed E-state index contributed by atoms with van der Waals surface area (Å²) in [5.41, 5.74) is 3.87. The fourth-order valence-corrected chi connectivity index (χ4v) is 4.76.